The van der Waals surface area contributed by atoms with Gasteiger partial charge in [-0.25, -0.2) is 19.1 Å². The Morgan fingerprint density at radius 3 is 2.57 bits per heavy atom. The van der Waals surface area contributed by atoms with E-state index < -0.39 is 64.6 Å². The summed E-state index contributed by atoms with van der Waals surface area (Å²) < 4.78 is 10.7. The van der Waals surface area contributed by atoms with Gasteiger partial charge in [-0.05, 0) is 43.2 Å². The maximum absolute atomic E-state index is 13.3. The molecule has 0 aromatic carbocycles. The Hall–Kier alpha value is -4.51. The van der Waals surface area contributed by atoms with Crippen LogP contribution in [0.3, 0.4) is 0 Å². The van der Waals surface area contributed by atoms with E-state index in [1.165, 1.54) is 28.2 Å². The van der Waals surface area contributed by atoms with Gasteiger partial charge in [-0.1, -0.05) is 30.8 Å². The van der Waals surface area contributed by atoms with E-state index in [2.05, 4.69) is 40.7 Å². The predicted molar refractivity (Wildman–Crippen MR) is 175 cm³/mol. The van der Waals surface area contributed by atoms with Crippen molar-refractivity contribution < 1.29 is 43.8 Å². The van der Waals surface area contributed by atoms with E-state index in [1.807, 2.05) is 0 Å². The van der Waals surface area contributed by atoms with Gasteiger partial charge in [0.15, 0.2) is 5.13 Å². The average molecular weight is 742 g/mol. The SMILES string of the molecule is CC(C)C(ON=C(C(=O)NC1C(=O)N2C(C(=O)O)=C(CSc3nnnn3CCCNC(=O)OC(C)(C)C)CS[C@H]12)c1nsc(N)n1)C(=O)O. The van der Waals surface area contributed by atoms with Gasteiger partial charge in [0.25, 0.3) is 11.8 Å². The van der Waals surface area contributed by atoms with Crippen LogP contribution >= 0.6 is 35.1 Å². The number of tetrazole rings is 1. The van der Waals surface area contributed by atoms with E-state index in [9.17, 15) is 34.2 Å². The molecule has 2 aromatic rings. The highest BCUT2D eigenvalue weighted by atomic mass is 32.2. The summed E-state index contributed by atoms with van der Waals surface area (Å²) >= 11 is 3.20. The van der Waals surface area contributed by atoms with E-state index in [0.29, 0.717) is 30.2 Å². The quantitative estimate of drug-likeness (QED) is 0.0542. The van der Waals surface area contributed by atoms with Gasteiger partial charge in [-0.15, -0.1) is 16.9 Å². The van der Waals surface area contributed by atoms with Crippen LogP contribution in [0.2, 0.25) is 0 Å². The number of nitrogens with two attached hydrogens (primary N) is 1. The molecule has 49 heavy (non-hydrogen) atoms. The largest absolute Gasteiger partial charge is 0.478 e. The van der Waals surface area contributed by atoms with Gasteiger partial charge in [0.1, 0.15) is 22.7 Å². The number of hydrogen-bond donors (Lipinski definition) is 5. The number of amides is 3. The van der Waals surface area contributed by atoms with Crippen molar-refractivity contribution in [3.8, 4) is 0 Å². The highest BCUT2D eigenvalue weighted by molar-refractivity contribution is 8.01. The fraction of sp³-hybridized carbons (Fsp3) is 0.577. The Labute approximate surface area is 291 Å². The van der Waals surface area contributed by atoms with Crippen molar-refractivity contribution in [2.24, 2.45) is 11.1 Å². The number of β-lactam (4-membered cyclic amide) rings is 1. The van der Waals surface area contributed by atoms with Gasteiger partial charge in [-0.3, -0.25) is 14.5 Å². The molecule has 2 aromatic heterocycles. The number of carbonyl (C=O) groups is 5. The number of alkyl carbamates (subject to hydrolysis) is 1. The zero-order valence-corrected chi connectivity index (χ0v) is 29.4. The third kappa shape index (κ3) is 9.35. The molecule has 4 rings (SSSR count). The predicted octanol–water partition coefficient (Wildman–Crippen LogP) is 0.382. The molecule has 3 atom stereocenters. The van der Waals surface area contributed by atoms with E-state index in [-0.39, 0.29) is 28.2 Å². The fourth-order valence-electron chi connectivity index (χ4n) is 4.41. The zero-order valence-electron chi connectivity index (χ0n) is 27.0. The summed E-state index contributed by atoms with van der Waals surface area (Å²) in [5.41, 5.74) is 4.77. The summed E-state index contributed by atoms with van der Waals surface area (Å²) in [6.45, 7) is 9.15. The average Bonchev–Trinajstić information content (AvgIpc) is 3.65. The number of nitrogens with zero attached hydrogens (tertiary/aromatic N) is 8. The second kappa shape index (κ2) is 15.8. The van der Waals surface area contributed by atoms with Gasteiger partial charge >= 0.3 is 18.0 Å². The van der Waals surface area contributed by atoms with Crippen LogP contribution in [0.25, 0.3) is 0 Å². The summed E-state index contributed by atoms with van der Waals surface area (Å²) in [5.74, 6) is -4.61. The van der Waals surface area contributed by atoms with Crippen LogP contribution in [0.4, 0.5) is 9.93 Å². The third-order valence-corrected chi connectivity index (χ3v) is 9.53. The Bertz CT molecular complexity index is 1650. The third-order valence-electron chi connectivity index (χ3n) is 6.60. The van der Waals surface area contributed by atoms with Crippen LogP contribution in [0.5, 0.6) is 0 Å². The van der Waals surface area contributed by atoms with Crippen LogP contribution in [0.1, 0.15) is 46.9 Å². The van der Waals surface area contributed by atoms with Crippen molar-refractivity contribution in [3.63, 3.8) is 0 Å². The van der Waals surface area contributed by atoms with Crippen molar-refractivity contribution in [2.75, 3.05) is 23.8 Å². The number of oxime groups is 1. The summed E-state index contributed by atoms with van der Waals surface area (Å²) in [5, 5.41) is 39.7. The molecule has 4 heterocycles. The fourth-order valence-corrected chi connectivity index (χ4v) is 7.23. The lowest BCUT2D eigenvalue weighted by molar-refractivity contribution is -0.153. The Balaban J connectivity index is 1.40. The van der Waals surface area contributed by atoms with Crippen molar-refractivity contribution in [3.05, 3.63) is 17.1 Å². The van der Waals surface area contributed by atoms with Gasteiger partial charge in [0, 0.05) is 42.0 Å². The molecule has 23 heteroatoms. The van der Waals surface area contributed by atoms with E-state index in [4.69, 9.17) is 15.3 Å². The molecule has 2 aliphatic heterocycles. The van der Waals surface area contributed by atoms with Crippen molar-refractivity contribution in [1.82, 2.24) is 45.1 Å². The summed E-state index contributed by atoms with van der Waals surface area (Å²) in [6, 6.07) is -1.14. The molecule has 0 aliphatic carbocycles. The number of fused-ring (bicyclic) bond motifs is 1. The number of thioether (sulfide) groups is 2. The molecule has 1 fully saturated rings. The van der Waals surface area contributed by atoms with Gasteiger partial charge in [0.05, 0.1) is 0 Å². The maximum Gasteiger partial charge on any atom is 0.407 e. The molecule has 6 N–H and O–H groups in total. The molecule has 20 nitrogen and oxygen atoms in total. The standard InChI is InChI=1S/C26H35N11O9S3/c1-11(2)16(22(42)43)46-32-13(17-30-23(27)49-33-17)18(38)29-14-19(39)37-15(21(40)41)12(9-47-20(14)37)10-48-24-31-34-35-36(24)8-6-7-28-25(44)45-26(3,4)5/h11,14,16,20H,6-10H2,1-5H3,(H,28,44)(H,29,38)(H,40,41)(H,42,43)(H2,27,30,33)/t14?,16?,20-/m1/s1. The molecular weight excluding hydrogens is 707 g/mol. The number of nitrogen functional groups attached to an aromatic ring is 1. The van der Waals surface area contributed by atoms with E-state index in [0.717, 1.165) is 16.4 Å². The van der Waals surface area contributed by atoms with Crippen LogP contribution < -0.4 is 16.4 Å². The number of aromatic nitrogens is 6. The Kier molecular flexibility index (Phi) is 12.0. The lowest BCUT2D eigenvalue weighted by Gasteiger charge is -2.49. The highest BCUT2D eigenvalue weighted by Gasteiger charge is 2.54. The maximum atomic E-state index is 13.3. The first-order valence-corrected chi connectivity index (χ1v) is 17.5. The molecule has 2 aliphatic rings. The highest BCUT2D eigenvalue weighted by Crippen LogP contribution is 2.41. The number of carbonyl (C=O) groups excluding carboxylic acids is 3. The first-order chi connectivity index (χ1) is 23.1. The smallest absolute Gasteiger partial charge is 0.407 e. The summed E-state index contributed by atoms with van der Waals surface area (Å²) in [6.07, 6.45) is -1.43. The minimum Gasteiger partial charge on any atom is -0.478 e. The first kappa shape index (κ1) is 37.3. The van der Waals surface area contributed by atoms with Gasteiger partial charge in [0.2, 0.25) is 22.8 Å². The van der Waals surface area contributed by atoms with Crippen LogP contribution in [0.15, 0.2) is 21.6 Å². The molecule has 0 saturated carbocycles. The zero-order chi connectivity index (χ0) is 36.0. The normalized spacial score (nSPS) is 18.4. The molecule has 0 spiro atoms. The van der Waals surface area contributed by atoms with Gasteiger partial charge in [-0.2, -0.15) is 9.36 Å². The van der Waals surface area contributed by atoms with E-state index in [1.54, 1.807) is 34.6 Å². The Morgan fingerprint density at radius 2 is 1.96 bits per heavy atom. The number of nitrogens with one attached hydrogen (secondary N) is 2. The number of aryl methyl sites for hydroxylation is 1. The minimum absolute atomic E-state index is 0.00810. The van der Waals surface area contributed by atoms with Gasteiger partial charge < -0.3 is 36.2 Å². The lowest BCUT2D eigenvalue weighted by atomic mass is 10.0. The number of aliphatic carboxylic acids is 2. The first-order valence-electron chi connectivity index (χ1n) is 14.7. The molecule has 2 unspecified atom stereocenters. The molecule has 0 radical (unpaired) electrons. The monoisotopic (exact) mass is 741 g/mol. The van der Waals surface area contributed by atoms with Crippen molar-refractivity contribution in [1.29, 1.82) is 0 Å². The second-order valence-electron chi connectivity index (χ2n) is 11.9. The Morgan fingerprint density at radius 1 is 1.22 bits per heavy atom. The number of ether oxygens (including phenoxy) is 1. The van der Waals surface area contributed by atoms with E-state index >= 15 is 0 Å². The molecule has 3 amide bonds. The molecule has 266 valence electrons. The number of rotatable bonds is 15. The number of anilines is 1. The van der Waals surface area contributed by atoms with Crippen molar-refractivity contribution in [2.45, 2.75) is 75.9 Å². The topological polar surface area (TPSA) is 279 Å². The van der Waals surface area contributed by atoms with Crippen LogP contribution in [-0.2, 0) is 35.3 Å². The number of hydrogen-bond acceptors (Lipinski definition) is 17. The number of carboxylic acids is 2. The summed E-state index contributed by atoms with van der Waals surface area (Å²) in [7, 11) is 0. The second-order valence-corrected chi connectivity index (χ2v) is 14.7. The summed E-state index contributed by atoms with van der Waals surface area (Å²) in [4.78, 5) is 72.6. The minimum atomic E-state index is -1.39. The van der Waals surface area contributed by atoms with Crippen LogP contribution in [0, 0.1) is 5.92 Å². The van der Waals surface area contributed by atoms with Crippen molar-refractivity contribution >= 4 is 75.7 Å². The molecule has 1 saturated heterocycles. The van der Waals surface area contributed by atoms with Crippen LogP contribution in [-0.4, -0.2) is 121 Å². The lowest BCUT2D eigenvalue weighted by Crippen LogP contribution is -2.71. The molecule has 0 bridgehead atoms. The molecular formula is C26H35N11O9S3. The number of carboxylic acid groups (broad SMARTS) is 2.